The largest absolute Gasteiger partial charge is 0.492 e. The molecule has 31 heavy (non-hydrogen) atoms. The summed E-state index contributed by atoms with van der Waals surface area (Å²) in [6.07, 6.45) is 0. The van der Waals surface area contributed by atoms with Crippen LogP contribution in [0.25, 0.3) is 0 Å². The van der Waals surface area contributed by atoms with Gasteiger partial charge in [-0.3, -0.25) is 9.69 Å². The monoisotopic (exact) mass is 426 g/mol. The molecule has 0 aliphatic carbocycles. The molecule has 3 aromatic rings. The molecule has 160 valence electrons. The van der Waals surface area contributed by atoms with E-state index in [1.54, 1.807) is 42.5 Å². The van der Waals surface area contributed by atoms with Crippen LogP contribution in [0.5, 0.6) is 5.75 Å². The van der Waals surface area contributed by atoms with E-state index < -0.39 is 11.6 Å². The van der Waals surface area contributed by atoms with Gasteiger partial charge in [-0.15, -0.1) is 0 Å². The number of halogens is 3. The Bertz CT molecular complexity index is 1100. The van der Waals surface area contributed by atoms with Gasteiger partial charge in [-0.05, 0) is 30.3 Å². The van der Waals surface area contributed by atoms with Crippen molar-refractivity contribution in [3.8, 4) is 5.75 Å². The Morgan fingerprint density at radius 1 is 0.968 bits per heavy atom. The minimum absolute atomic E-state index is 0.0735. The number of carbonyl (C=O) groups excluding carboxylic acids is 1. The summed E-state index contributed by atoms with van der Waals surface area (Å²) in [5, 5.41) is 2.72. The molecule has 1 aliphatic rings. The Morgan fingerprint density at radius 2 is 1.74 bits per heavy atom. The van der Waals surface area contributed by atoms with Gasteiger partial charge in [0.2, 0.25) is 0 Å². The zero-order valence-corrected chi connectivity index (χ0v) is 16.7. The second kappa shape index (κ2) is 9.22. The smallest absolute Gasteiger partial charge is 0.251 e. The molecular weight excluding hydrogens is 405 g/mol. The summed E-state index contributed by atoms with van der Waals surface area (Å²) in [6.45, 7) is 1.63. The molecule has 1 amide bonds. The summed E-state index contributed by atoms with van der Waals surface area (Å²) in [5.74, 6) is -1.80. The maximum atomic E-state index is 14.1. The molecule has 4 rings (SSSR count). The Balaban J connectivity index is 1.47. The maximum absolute atomic E-state index is 14.1. The van der Waals surface area contributed by atoms with Crippen LogP contribution in [-0.2, 0) is 19.6 Å². The van der Waals surface area contributed by atoms with E-state index >= 15 is 0 Å². The molecule has 1 N–H and O–H groups in total. The third kappa shape index (κ3) is 4.88. The van der Waals surface area contributed by atoms with Crippen molar-refractivity contribution in [3.63, 3.8) is 0 Å². The fraction of sp³-hybridized carbons (Fsp3) is 0.208. The normalized spacial score (nSPS) is 13.8. The van der Waals surface area contributed by atoms with Crippen LogP contribution in [0.2, 0.25) is 0 Å². The lowest BCUT2D eigenvalue weighted by molar-refractivity contribution is 0.0950. The number of hydrogen-bond acceptors (Lipinski definition) is 3. The van der Waals surface area contributed by atoms with Gasteiger partial charge in [-0.25, -0.2) is 13.2 Å². The van der Waals surface area contributed by atoms with Crippen LogP contribution in [0, 0.1) is 17.5 Å². The summed E-state index contributed by atoms with van der Waals surface area (Å²) >= 11 is 0. The van der Waals surface area contributed by atoms with Crippen LogP contribution >= 0.6 is 0 Å². The molecule has 0 atom stereocenters. The molecule has 0 saturated carbocycles. The van der Waals surface area contributed by atoms with Gasteiger partial charge in [0.1, 0.15) is 18.2 Å². The van der Waals surface area contributed by atoms with Gasteiger partial charge >= 0.3 is 0 Å². The number of ether oxygens (including phenoxy) is 1. The molecule has 1 heterocycles. The molecule has 3 aromatic carbocycles. The highest BCUT2D eigenvalue weighted by atomic mass is 19.2. The zero-order valence-electron chi connectivity index (χ0n) is 16.7. The van der Waals surface area contributed by atoms with E-state index in [1.165, 1.54) is 12.1 Å². The lowest BCUT2D eigenvalue weighted by atomic mass is 10.1. The van der Waals surface area contributed by atoms with Gasteiger partial charge in [-0.2, -0.15) is 0 Å². The van der Waals surface area contributed by atoms with Crippen molar-refractivity contribution in [2.24, 2.45) is 0 Å². The third-order valence-electron chi connectivity index (χ3n) is 5.20. The molecule has 4 nitrogen and oxygen atoms in total. The number of benzene rings is 3. The third-order valence-corrected chi connectivity index (χ3v) is 5.20. The Hall–Kier alpha value is -3.32. The van der Waals surface area contributed by atoms with Gasteiger partial charge in [0, 0.05) is 48.4 Å². The summed E-state index contributed by atoms with van der Waals surface area (Å²) in [4.78, 5) is 14.5. The van der Waals surface area contributed by atoms with E-state index in [4.69, 9.17) is 4.74 Å². The molecule has 0 unspecified atom stereocenters. The van der Waals surface area contributed by atoms with Crippen LogP contribution in [0.4, 0.5) is 13.2 Å². The van der Waals surface area contributed by atoms with Crippen LogP contribution < -0.4 is 10.1 Å². The molecule has 0 fully saturated rings. The average Bonchev–Trinajstić information content (AvgIpc) is 2.97. The summed E-state index contributed by atoms with van der Waals surface area (Å²) in [7, 11) is 0. The van der Waals surface area contributed by atoms with Crippen molar-refractivity contribution in [3.05, 3.63) is 100 Å². The van der Waals surface area contributed by atoms with Gasteiger partial charge < -0.3 is 10.1 Å². The second-order valence-corrected chi connectivity index (χ2v) is 7.37. The molecule has 0 radical (unpaired) electrons. The first-order chi connectivity index (χ1) is 15.0. The topological polar surface area (TPSA) is 41.6 Å². The van der Waals surface area contributed by atoms with Gasteiger partial charge in [-0.1, -0.05) is 30.3 Å². The summed E-state index contributed by atoms with van der Waals surface area (Å²) in [6, 6.07) is 15.5. The highest BCUT2D eigenvalue weighted by Crippen LogP contribution is 2.26. The minimum atomic E-state index is -0.877. The van der Waals surface area contributed by atoms with Crippen LogP contribution in [0.1, 0.15) is 27.0 Å². The fourth-order valence-electron chi connectivity index (χ4n) is 3.56. The Labute approximate surface area is 178 Å². The predicted octanol–water partition coefficient (Wildman–Crippen LogP) is 4.43. The Kier molecular flexibility index (Phi) is 6.23. The highest BCUT2D eigenvalue weighted by Gasteiger charge is 2.19. The number of nitrogens with one attached hydrogen (secondary N) is 1. The standard InChI is InChI=1S/C24H21F3N2O2/c25-20-6-2-1-4-17(20)13-28-24(30)16-8-9-22-19(12-16)15-29(10-11-31-22)14-18-5-3-7-21(26)23(18)27/h1-9,12H,10-11,13-15H2,(H,28,30). The van der Waals surface area contributed by atoms with E-state index in [0.717, 1.165) is 11.6 Å². The maximum Gasteiger partial charge on any atom is 0.251 e. The van der Waals surface area contributed by atoms with Crippen molar-refractivity contribution in [1.29, 1.82) is 0 Å². The lowest BCUT2D eigenvalue weighted by Gasteiger charge is -2.20. The highest BCUT2D eigenvalue weighted by molar-refractivity contribution is 5.94. The van der Waals surface area contributed by atoms with E-state index in [1.807, 2.05) is 4.90 Å². The van der Waals surface area contributed by atoms with Crippen molar-refractivity contribution in [1.82, 2.24) is 10.2 Å². The van der Waals surface area contributed by atoms with E-state index in [0.29, 0.717) is 36.6 Å². The number of hydrogen-bond donors (Lipinski definition) is 1. The molecule has 0 spiro atoms. The molecule has 0 aromatic heterocycles. The van der Waals surface area contributed by atoms with Gasteiger partial charge in [0.05, 0.1) is 0 Å². The van der Waals surface area contributed by atoms with Crippen LogP contribution in [0.15, 0.2) is 60.7 Å². The first kappa shape index (κ1) is 20.9. The molecule has 0 saturated heterocycles. The van der Waals surface area contributed by atoms with E-state index in [9.17, 15) is 18.0 Å². The minimum Gasteiger partial charge on any atom is -0.492 e. The SMILES string of the molecule is O=C(NCc1ccccc1F)c1ccc2c(c1)CN(Cc1cccc(F)c1F)CCO2. The van der Waals surface area contributed by atoms with E-state index in [-0.39, 0.29) is 30.4 Å². The van der Waals surface area contributed by atoms with Crippen molar-refractivity contribution in [2.75, 3.05) is 13.2 Å². The van der Waals surface area contributed by atoms with Crippen LogP contribution in [-0.4, -0.2) is 24.0 Å². The summed E-state index contributed by atoms with van der Waals surface area (Å²) < 4.78 is 47.1. The van der Waals surface area contributed by atoms with Crippen molar-refractivity contribution in [2.45, 2.75) is 19.6 Å². The molecule has 0 bridgehead atoms. The number of carbonyl (C=O) groups is 1. The molecule has 7 heteroatoms. The average molecular weight is 426 g/mol. The predicted molar refractivity (Wildman–Crippen MR) is 110 cm³/mol. The fourth-order valence-corrected chi connectivity index (χ4v) is 3.56. The number of rotatable bonds is 5. The summed E-state index contributed by atoms with van der Waals surface area (Å²) in [5.41, 5.74) is 1.85. The van der Waals surface area contributed by atoms with Crippen molar-refractivity contribution >= 4 is 5.91 Å². The second-order valence-electron chi connectivity index (χ2n) is 7.37. The zero-order chi connectivity index (χ0) is 21.8. The number of nitrogens with zero attached hydrogens (tertiary/aromatic N) is 1. The van der Waals surface area contributed by atoms with E-state index in [2.05, 4.69) is 5.32 Å². The van der Waals surface area contributed by atoms with Crippen LogP contribution in [0.3, 0.4) is 0 Å². The van der Waals surface area contributed by atoms with Gasteiger partial charge in [0.25, 0.3) is 5.91 Å². The molecular formula is C24H21F3N2O2. The van der Waals surface area contributed by atoms with Crippen molar-refractivity contribution < 1.29 is 22.7 Å². The lowest BCUT2D eigenvalue weighted by Crippen LogP contribution is -2.26. The quantitative estimate of drug-likeness (QED) is 0.657. The number of fused-ring (bicyclic) bond motifs is 1. The first-order valence-corrected chi connectivity index (χ1v) is 9.94. The first-order valence-electron chi connectivity index (χ1n) is 9.94. The Morgan fingerprint density at radius 3 is 2.58 bits per heavy atom. The number of amides is 1. The van der Waals surface area contributed by atoms with Gasteiger partial charge in [0.15, 0.2) is 11.6 Å². The molecule has 1 aliphatic heterocycles.